The van der Waals surface area contributed by atoms with Crippen LogP contribution in [-0.4, -0.2) is 60.7 Å². The molecule has 0 atom stereocenters. The van der Waals surface area contributed by atoms with Gasteiger partial charge in [-0.3, -0.25) is 14.9 Å². The molecule has 1 saturated carbocycles. The number of piperazine rings is 1. The number of nitro benzene ring substituents is 1. The summed E-state index contributed by atoms with van der Waals surface area (Å²) in [6.07, 6.45) is -1.31. The van der Waals surface area contributed by atoms with Gasteiger partial charge in [0.2, 0.25) is 5.91 Å². The lowest BCUT2D eigenvalue weighted by Gasteiger charge is -2.36. The van der Waals surface area contributed by atoms with Gasteiger partial charge in [0.25, 0.3) is 5.69 Å². The summed E-state index contributed by atoms with van der Waals surface area (Å²) in [5, 5.41) is 23.5. The van der Waals surface area contributed by atoms with Crippen LogP contribution in [0.15, 0.2) is 42.5 Å². The predicted octanol–water partition coefficient (Wildman–Crippen LogP) is 4.57. The highest BCUT2D eigenvalue weighted by Gasteiger charge is 2.31. The van der Waals surface area contributed by atoms with Gasteiger partial charge in [-0.05, 0) is 62.1 Å². The Hall–Kier alpha value is -3.85. The van der Waals surface area contributed by atoms with Crippen molar-refractivity contribution in [1.82, 2.24) is 4.90 Å². The quantitative estimate of drug-likeness (QED) is 0.411. The minimum absolute atomic E-state index is 0.00993. The summed E-state index contributed by atoms with van der Waals surface area (Å²) in [5.41, 5.74) is 0.458. The average Bonchev–Trinajstić information content (AvgIpc) is 2.92. The Labute approximate surface area is 217 Å². The maximum atomic E-state index is 12.8. The van der Waals surface area contributed by atoms with E-state index in [0.29, 0.717) is 37.6 Å². The van der Waals surface area contributed by atoms with E-state index in [0.717, 1.165) is 37.8 Å². The lowest BCUT2D eigenvalue weighted by Crippen LogP contribution is -2.50. The molecule has 2 aromatic carbocycles. The van der Waals surface area contributed by atoms with Crippen LogP contribution in [0.25, 0.3) is 0 Å². The van der Waals surface area contributed by atoms with Crippen molar-refractivity contribution in [3.63, 3.8) is 0 Å². The summed E-state index contributed by atoms with van der Waals surface area (Å²) in [5.74, 6) is -0.104. The number of hydrogen-bond donors (Lipinski definition) is 1. The molecule has 0 bridgehead atoms. The van der Waals surface area contributed by atoms with E-state index in [-0.39, 0.29) is 35.9 Å². The van der Waals surface area contributed by atoms with Crippen LogP contribution in [0.3, 0.4) is 0 Å². The van der Waals surface area contributed by atoms with Gasteiger partial charge < -0.3 is 19.9 Å². The minimum atomic E-state index is -4.37. The first-order chi connectivity index (χ1) is 18.1. The largest absolute Gasteiger partial charge is 0.416 e. The topological polar surface area (TPSA) is 112 Å². The standard InChI is InChI=1S/C26H28F3N5O4/c27-26(28,29)19-1-6-22(7-2-19)32-11-13-33(14-12-32)25(35)17-38-23-8-3-20(4-9-23)31-21-5-10-24(34(36)37)18(15-21)16-30/h1-2,5-7,10,15,20,23,31H,3-4,8-9,11-14,17H2/t20-,23-. The molecule has 2 aliphatic rings. The molecule has 1 aliphatic heterocycles. The first-order valence-electron chi connectivity index (χ1n) is 12.4. The number of nitrogens with zero attached hydrogens (tertiary/aromatic N) is 4. The number of alkyl halides is 3. The van der Waals surface area contributed by atoms with Gasteiger partial charge in [-0.1, -0.05) is 0 Å². The molecule has 0 unspecified atom stereocenters. The summed E-state index contributed by atoms with van der Waals surface area (Å²) in [6.45, 7) is 1.99. The van der Waals surface area contributed by atoms with Crippen LogP contribution in [-0.2, 0) is 15.7 Å². The summed E-state index contributed by atoms with van der Waals surface area (Å²) in [4.78, 5) is 26.8. The first kappa shape index (κ1) is 27.2. The summed E-state index contributed by atoms with van der Waals surface area (Å²) in [6, 6.07) is 11.4. The highest BCUT2D eigenvalue weighted by Crippen LogP contribution is 2.31. The number of carbonyl (C=O) groups is 1. The molecular weight excluding hydrogens is 503 g/mol. The SMILES string of the molecule is N#Cc1cc(N[C@H]2CC[C@H](OCC(=O)N3CCN(c4ccc(C(F)(F)F)cc4)CC3)CC2)ccc1[N+](=O)[O-]. The fourth-order valence-electron chi connectivity index (χ4n) is 4.84. The molecule has 4 rings (SSSR count). The second kappa shape index (κ2) is 11.7. The van der Waals surface area contributed by atoms with Crippen LogP contribution in [0, 0.1) is 21.4 Å². The molecule has 1 heterocycles. The molecule has 9 nitrogen and oxygen atoms in total. The Bertz CT molecular complexity index is 1180. The molecule has 1 amide bonds. The second-order valence-electron chi connectivity index (χ2n) is 9.44. The summed E-state index contributed by atoms with van der Waals surface area (Å²) < 4.78 is 44.2. The van der Waals surface area contributed by atoms with Crippen molar-refractivity contribution in [1.29, 1.82) is 5.26 Å². The molecule has 2 fully saturated rings. The number of hydrogen-bond acceptors (Lipinski definition) is 7. The third-order valence-electron chi connectivity index (χ3n) is 6.99. The number of amides is 1. The van der Waals surface area contributed by atoms with Crippen molar-refractivity contribution in [3.8, 4) is 6.07 Å². The molecule has 38 heavy (non-hydrogen) atoms. The Morgan fingerprint density at radius 1 is 1.08 bits per heavy atom. The number of rotatable bonds is 7. The molecule has 1 N–H and O–H groups in total. The molecule has 0 radical (unpaired) electrons. The van der Waals surface area contributed by atoms with Gasteiger partial charge in [-0.2, -0.15) is 18.4 Å². The summed E-state index contributed by atoms with van der Waals surface area (Å²) >= 11 is 0. The van der Waals surface area contributed by atoms with Crippen molar-refractivity contribution >= 4 is 23.0 Å². The van der Waals surface area contributed by atoms with Gasteiger partial charge in [-0.15, -0.1) is 0 Å². The summed E-state index contributed by atoms with van der Waals surface area (Å²) in [7, 11) is 0. The van der Waals surface area contributed by atoms with Crippen molar-refractivity contribution in [2.45, 2.75) is 44.0 Å². The molecule has 202 valence electrons. The first-order valence-corrected chi connectivity index (χ1v) is 12.4. The number of nitrogens with one attached hydrogen (secondary N) is 1. The fraction of sp³-hybridized carbons (Fsp3) is 0.462. The van der Waals surface area contributed by atoms with Crippen molar-refractivity contribution in [2.75, 3.05) is 43.0 Å². The van der Waals surface area contributed by atoms with E-state index in [9.17, 15) is 28.1 Å². The number of nitro groups is 1. The smallest absolute Gasteiger partial charge is 0.382 e. The van der Waals surface area contributed by atoms with Gasteiger partial charge in [0.15, 0.2) is 0 Å². The zero-order valence-electron chi connectivity index (χ0n) is 20.6. The average molecular weight is 532 g/mol. The van der Waals surface area contributed by atoms with Crippen LogP contribution < -0.4 is 10.2 Å². The zero-order valence-corrected chi connectivity index (χ0v) is 20.6. The predicted molar refractivity (Wildman–Crippen MR) is 134 cm³/mol. The van der Waals surface area contributed by atoms with E-state index in [4.69, 9.17) is 10.00 Å². The molecule has 1 saturated heterocycles. The van der Waals surface area contributed by atoms with Crippen molar-refractivity contribution in [2.24, 2.45) is 0 Å². The Morgan fingerprint density at radius 2 is 1.74 bits per heavy atom. The number of carbonyl (C=O) groups excluding carboxylic acids is 1. The van der Waals surface area contributed by atoms with E-state index in [2.05, 4.69) is 5.32 Å². The normalized spacial score (nSPS) is 20.1. The fourth-order valence-corrected chi connectivity index (χ4v) is 4.84. The lowest BCUT2D eigenvalue weighted by atomic mass is 9.92. The Morgan fingerprint density at radius 3 is 2.32 bits per heavy atom. The van der Waals surface area contributed by atoms with Crippen LogP contribution in [0.2, 0.25) is 0 Å². The molecular formula is C26H28F3N5O4. The van der Waals surface area contributed by atoms with Gasteiger partial charge in [0.05, 0.1) is 16.6 Å². The van der Waals surface area contributed by atoms with E-state index in [1.165, 1.54) is 24.3 Å². The number of anilines is 2. The van der Waals surface area contributed by atoms with E-state index in [1.54, 1.807) is 11.0 Å². The minimum Gasteiger partial charge on any atom is -0.382 e. The second-order valence-corrected chi connectivity index (χ2v) is 9.44. The van der Waals surface area contributed by atoms with Crippen LogP contribution in [0.1, 0.15) is 36.8 Å². The maximum absolute atomic E-state index is 12.8. The third kappa shape index (κ3) is 6.72. The highest BCUT2D eigenvalue weighted by molar-refractivity contribution is 5.77. The Kier molecular flexibility index (Phi) is 8.36. The van der Waals surface area contributed by atoms with Gasteiger partial charge in [0.1, 0.15) is 18.2 Å². The lowest BCUT2D eigenvalue weighted by molar-refractivity contribution is -0.385. The van der Waals surface area contributed by atoms with Crippen LogP contribution in [0.5, 0.6) is 0 Å². The van der Waals surface area contributed by atoms with Crippen LogP contribution >= 0.6 is 0 Å². The van der Waals surface area contributed by atoms with E-state index >= 15 is 0 Å². The molecule has 2 aromatic rings. The van der Waals surface area contributed by atoms with Crippen LogP contribution in [0.4, 0.5) is 30.2 Å². The number of ether oxygens (including phenoxy) is 1. The monoisotopic (exact) mass is 531 g/mol. The number of benzene rings is 2. The Balaban J connectivity index is 1.17. The number of nitriles is 1. The van der Waals surface area contributed by atoms with Crippen molar-refractivity contribution < 1.29 is 27.6 Å². The highest BCUT2D eigenvalue weighted by atomic mass is 19.4. The maximum Gasteiger partial charge on any atom is 0.416 e. The molecule has 0 aromatic heterocycles. The van der Waals surface area contributed by atoms with E-state index in [1.807, 2.05) is 11.0 Å². The zero-order chi connectivity index (χ0) is 27.3. The van der Waals surface area contributed by atoms with Gasteiger partial charge in [0, 0.05) is 49.7 Å². The molecule has 12 heteroatoms. The molecule has 1 aliphatic carbocycles. The third-order valence-corrected chi connectivity index (χ3v) is 6.99. The van der Waals surface area contributed by atoms with Gasteiger partial charge >= 0.3 is 6.18 Å². The number of halogens is 3. The van der Waals surface area contributed by atoms with E-state index < -0.39 is 16.7 Å². The van der Waals surface area contributed by atoms with Crippen molar-refractivity contribution in [3.05, 3.63) is 63.7 Å². The van der Waals surface area contributed by atoms with Gasteiger partial charge in [-0.25, -0.2) is 0 Å². The molecule has 0 spiro atoms.